The Balaban J connectivity index is 0.00000225. The van der Waals surface area contributed by atoms with Crippen LogP contribution < -0.4 is 16.4 Å². The molecule has 6 nitrogen and oxygen atoms in total. The standard InChI is InChI=1S/C18H21N5O.HI/c19-18(21-10-8-14-5-3-4-9-20-14)22-12-13-11-17(24)23-16-7-2-1-6-15(13)16;/h1-7,9,13H,8,10-12H2,(H,23,24)(H3,19,21,22);1H. The first-order valence-corrected chi connectivity index (χ1v) is 8.05. The number of aromatic nitrogens is 1. The predicted octanol–water partition coefficient (Wildman–Crippen LogP) is 2.27. The smallest absolute Gasteiger partial charge is 0.225 e. The molecule has 0 bridgehead atoms. The maximum Gasteiger partial charge on any atom is 0.225 e. The molecule has 0 fully saturated rings. The summed E-state index contributed by atoms with van der Waals surface area (Å²) in [7, 11) is 0. The van der Waals surface area contributed by atoms with Crippen LogP contribution in [0.4, 0.5) is 5.69 Å². The number of rotatable bonds is 5. The lowest BCUT2D eigenvalue weighted by Crippen LogP contribution is -2.34. The van der Waals surface area contributed by atoms with Crippen molar-refractivity contribution in [1.82, 2.24) is 10.3 Å². The Morgan fingerprint density at radius 1 is 1.28 bits per heavy atom. The number of guanidine groups is 1. The van der Waals surface area contributed by atoms with Crippen LogP contribution >= 0.6 is 24.0 Å². The van der Waals surface area contributed by atoms with E-state index in [0.717, 1.165) is 23.4 Å². The van der Waals surface area contributed by atoms with E-state index in [1.165, 1.54) is 0 Å². The van der Waals surface area contributed by atoms with Crippen LogP contribution in [0.5, 0.6) is 0 Å². The van der Waals surface area contributed by atoms with Crippen molar-refractivity contribution >= 4 is 41.5 Å². The Morgan fingerprint density at radius 2 is 2.08 bits per heavy atom. The molecule has 1 aromatic heterocycles. The Hall–Kier alpha value is -2.16. The molecule has 1 aliphatic heterocycles. The van der Waals surface area contributed by atoms with Crippen molar-refractivity contribution in [2.24, 2.45) is 10.7 Å². The molecule has 0 saturated heterocycles. The van der Waals surface area contributed by atoms with E-state index in [4.69, 9.17) is 5.73 Å². The third-order valence-electron chi connectivity index (χ3n) is 4.00. The van der Waals surface area contributed by atoms with Crippen molar-refractivity contribution in [3.05, 3.63) is 59.9 Å². The molecule has 0 aliphatic carbocycles. The van der Waals surface area contributed by atoms with Crippen LogP contribution in [-0.4, -0.2) is 29.9 Å². The van der Waals surface area contributed by atoms with Gasteiger partial charge >= 0.3 is 0 Å². The number of carbonyl (C=O) groups excluding carboxylic acids is 1. The third-order valence-corrected chi connectivity index (χ3v) is 4.00. The zero-order valence-corrected chi connectivity index (χ0v) is 16.1. The summed E-state index contributed by atoms with van der Waals surface area (Å²) in [6.07, 6.45) is 2.99. The van der Waals surface area contributed by atoms with Crippen molar-refractivity contribution in [2.45, 2.75) is 18.8 Å². The molecule has 4 N–H and O–H groups in total. The average Bonchev–Trinajstić information content (AvgIpc) is 2.60. The first-order chi connectivity index (χ1) is 11.7. The van der Waals surface area contributed by atoms with Crippen molar-refractivity contribution in [3.63, 3.8) is 0 Å². The largest absolute Gasteiger partial charge is 0.370 e. The van der Waals surface area contributed by atoms with Gasteiger partial charge in [0.1, 0.15) is 0 Å². The Morgan fingerprint density at radius 3 is 2.88 bits per heavy atom. The molecule has 25 heavy (non-hydrogen) atoms. The lowest BCUT2D eigenvalue weighted by molar-refractivity contribution is -0.116. The second-order valence-electron chi connectivity index (χ2n) is 5.76. The highest BCUT2D eigenvalue weighted by atomic mass is 127. The van der Waals surface area contributed by atoms with Gasteiger partial charge in [0, 0.05) is 42.9 Å². The second kappa shape index (κ2) is 9.36. The van der Waals surface area contributed by atoms with Crippen LogP contribution in [0, 0.1) is 0 Å². The summed E-state index contributed by atoms with van der Waals surface area (Å²) < 4.78 is 0. The molecular weight excluding hydrogens is 429 g/mol. The molecule has 2 heterocycles. The fourth-order valence-corrected chi connectivity index (χ4v) is 2.79. The molecule has 3 rings (SSSR count). The van der Waals surface area contributed by atoms with Gasteiger partial charge < -0.3 is 16.4 Å². The van der Waals surface area contributed by atoms with E-state index in [1.54, 1.807) is 6.20 Å². The summed E-state index contributed by atoms with van der Waals surface area (Å²) >= 11 is 0. The molecule has 0 spiro atoms. The molecule has 1 aromatic carbocycles. The van der Waals surface area contributed by atoms with Crippen LogP contribution in [0.3, 0.4) is 0 Å². The summed E-state index contributed by atoms with van der Waals surface area (Å²) in [4.78, 5) is 20.5. The highest BCUT2D eigenvalue weighted by Gasteiger charge is 2.24. The number of benzene rings is 1. The number of nitrogens with zero attached hydrogens (tertiary/aromatic N) is 2. The summed E-state index contributed by atoms with van der Waals surface area (Å²) in [6, 6.07) is 13.7. The van der Waals surface area contributed by atoms with Crippen LogP contribution in [0.1, 0.15) is 23.6 Å². The average molecular weight is 451 g/mol. The fourth-order valence-electron chi connectivity index (χ4n) is 2.79. The molecule has 2 aromatic rings. The Bertz CT molecular complexity index is 735. The number of hydrogen-bond acceptors (Lipinski definition) is 3. The van der Waals surface area contributed by atoms with Gasteiger partial charge in [-0.1, -0.05) is 24.3 Å². The van der Waals surface area contributed by atoms with Crippen LogP contribution in [-0.2, 0) is 11.2 Å². The lowest BCUT2D eigenvalue weighted by atomic mass is 9.91. The number of amides is 1. The number of fused-ring (bicyclic) bond motifs is 1. The highest BCUT2D eigenvalue weighted by molar-refractivity contribution is 14.0. The number of nitrogens with one attached hydrogen (secondary N) is 2. The molecule has 1 atom stereocenters. The van der Waals surface area contributed by atoms with Gasteiger partial charge in [-0.25, -0.2) is 0 Å². The molecule has 1 unspecified atom stereocenters. The van der Waals surface area contributed by atoms with Crippen molar-refractivity contribution in [1.29, 1.82) is 0 Å². The van der Waals surface area contributed by atoms with E-state index >= 15 is 0 Å². The first kappa shape index (κ1) is 19.2. The Labute approximate surface area is 164 Å². The van der Waals surface area contributed by atoms with Gasteiger partial charge in [-0.15, -0.1) is 24.0 Å². The number of hydrogen-bond donors (Lipinski definition) is 3. The number of anilines is 1. The third kappa shape index (κ3) is 5.42. The molecular formula is C18H22IN5O. The van der Waals surface area contributed by atoms with Gasteiger partial charge in [0.25, 0.3) is 0 Å². The summed E-state index contributed by atoms with van der Waals surface area (Å²) in [5.74, 6) is 0.482. The number of aliphatic imine (C=N–C) groups is 1. The van der Waals surface area contributed by atoms with Gasteiger partial charge in [-0.3, -0.25) is 14.8 Å². The summed E-state index contributed by atoms with van der Waals surface area (Å²) in [5, 5.41) is 5.98. The number of halogens is 1. The minimum Gasteiger partial charge on any atom is -0.370 e. The van der Waals surface area contributed by atoms with Crippen molar-refractivity contribution < 1.29 is 4.79 Å². The quantitative estimate of drug-likeness (QED) is 0.370. The molecule has 1 amide bonds. The van der Waals surface area contributed by atoms with E-state index in [9.17, 15) is 4.79 Å². The van der Waals surface area contributed by atoms with E-state index in [0.29, 0.717) is 25.5 Å². The van der Waals surface area contributed by atoms with Gasteiger partial charge in [-0.2, -0.15) is 0 Å². The fraction of sp³-hybridized carbons (Fsp3) is 0.278. The SMILES string of the molecule is I.NC(=NCC1CC(=O)Nc2ccccc21)NCCc1ccccn1. The van der Waals surface area contributed by atoms with Gasteiger partial charge in [-0.05, 0) is 23.8 Å². The monoisotopic (exact) mass is 451 g/mol. The zero-order chi connectivity index (χ0) is 16.8. The van der Waals surface area contributed by atoms with Gasteiger partial charge in [0.15, 0.2) is 5.96 Å². The predicted molar refractivity (Wildman–Crippen MR) is 110 cm³/mol. The second-order valence-corrected chi connectivity index (χ2v) is 5.76. The van der Waals surface area contributed by atoms with Gasteiger partial charge in [0.2, 0.25) is 5.91 Å². The van der Waals surface area contributed by atoms with Crippen molar-refractivity contribution in [2.75, 3.05) is 18.4 Å². The maximum atomic E-state index is 11.8. The lowest BCUT2D eigenvalue weighted by Gasteiger charge is -2.24. The van der Waals surface area contributed by atoms with Gasteiger partial charge in [0.05, 0.1) is 6.54 Å². The number of para-hydroxylation sites is 1. The first-order valence-electron chi connectivity index (χ1n) is 8.05. The van der Waals surface area contributed by atoms with Crippen molar-refractivity contribution in [3.8, 4) is 0 Å². The Kier molecular flexibility index (Phi) is 7.17. The molecule has 1 aliphatic rings. The molecule has 7 heteroatoms. The molecule has 132 valence electrons. The van der Waals surface area contributed by atoms with Crippen LogP contribution in [0.15, 0.2) is 53.7 Å². The minimum atomic E-state index is 0. The molecule has 0 radical (unpaired) electrons. The normalized spacial score (nSPS) is 16.4. The molecule has 0 saturated carbocycles. The number of nitrogens with two attached hydrogens (primary N) is 1. The van der Waals surface area contributed by atoms with E-state index in [2.05, 4.69) is 20.6 Å². The van der Waals surface area contributed by atoms with E-state index in [-0.39, 0.29) is 35.8 Å². The maximum absolute atomic E-state index is 11.8. The number of pyridine rings is 1. The topological polar surface area (TPSA) is 92.4 Å². The van der Waals surface area contributed by atoms with E-state index < -0.39 is 0 Å². The zero-order valence-electron chi connectivity index (χ0n) is 13.8. The highest BCUT2D eigenvalue weighted by Crippen LogP contribution is 2.31. The number of carbonyl (C=O) groups is 1. The van der Waals surface area contributed by atoms with E-state index in [1.807, 2.05) is 42.5 Å². The summed E-state index contributed by atoms with van der Waals surface area (Å²) in [6.45, 7) is 1.17. The summed E-state index contributed by atoms with van der Waals surface area (Å²) in [5.41, 5.74) is 8.92. The van der Waals surface area contributed by atoms with Crippen LogP contribution in [0.25, 0.3) is 0 Å². The minimum absolute atomic E-state index is 0. The van der Waals surface area contributed by atoms with Crippen LogP contribution in [0.2, 0.25) is 0 Å².